The summed E-state index contributed by atoms with van der Waals surface area (Å²) in [5, 5.41) is 11.8. The van der Waals surface area contributed by atoms with Gasteiger partial charge in [0, 0.05) is 18.8 Å². The van der Waals surface area contributed by atoms with Crippen LogP contribution in [0, 0.1) is 6.92 Å². The molecule has 6 nitrogen and oxygen atoms in total. The van der Waals surface area contributed by atoms with E-state index in [1.165, 1.54) is 4.90 Å². The van der Waals surface area contributed by atoms with Crippen LogP contribution in [-0.4, -0.2) is 29.0 Å². The Hall–Kier alpha value is -2.89. The van der Waals surface area contributed by atoms with Gasteiger partial charge in [0.1, 0.15) is 5.69 Å². The molecular formula is C15H16N4O2. The van der Waals surface area contributed by atoms with Gasteiger partial charge in [-0.15, -0.1) is 0 Å². The van der Waals surface area contributed by atoms with Gasteiger partial charge in [-0.1, -0.05) is 23.4 Å². The molecule has 0 saturated heterocycles. The van der Waals surface area contributed by atoms with E-state index in [1.807, 2.05) is 13.0 Å². The number of hydrogen-bond donors (Lipinski definition) is 2. The molecule has 0 aliphatic carbocycles. The number of aryl methyl sites for hydroxylation is 1. The molecule has 0 unspecified atom stereocenters. The SMILES string of the molecule is Cc1cccnc1C(=O)N(C)c1ccccc1/C(N)=N/O. The lowest BCUT2D eigenvalue weighted by Gasteiger charge is -2.20. The fourth-order valence-electron chi connectivity index (χ4n) is 2.01. The Bertz CT molecular complexity index is 698. The van der Waals surface area contributed by atoms with Crippen LogP contribution in [0.5, 0.6) is 0 Å². The number of amides is 1. The number of nitrogens with two attached hydrogens (primary N) is 1. The van der Waals surface area contributed by atoms with E-state index < -0.39 is 0 Å². The van der Waals surface area contributed by atoms with Crippen molar-refractivity contribution in [3.05, 3.63) is 59.4 Å². The maximum absolute atomic E-state index is 12.5. The minimum atomic E-state index is -0.258. The largest absolute Gasteiger partial charge is 0.409 e. The van der Waals surface area contributed by atoms with Crippen molar-refractivity contribution in [2.24, 2.45) is 10.9 Å². The topological polar surface area (TPSA) is 91.8 Å². The zero-order chi connectivity index (χ0) is 15.4. The summed E-state index contributed by atoms with van der Waals surface area (Å²) in [5.41, 5.74) is 7.83. The van der Waals surface area contributed by atoms with Crippen molar-refractivity contribution >= 4 is 17.4 Å². The van der Waals surface area contributed by atoms with Gasteiger partial charge >= 0.3 is 0 Å². The van der Waals surface area contributed by atoms with Crippen molar-refractivity contribution in [2.75, 3.05) is 11.9 Å². The van der Waals surface area contributed by atoms with Crippen molar-refractivity contribution in [1.29, 1.82) is 0 Å². The molecule has 6 heteroatoms. The maximum Gasteiger partial charge on any atom is 0.276 e. The minimum Gasteiger partial charge on any atom is -0.409 e. The quantitative estimate of drug-likeness (QED) is 0.389. The number of oxime groups is 1. The van der Waals surface area contributed by atoms with E-state index in [4.69, 9.17) is 10.9 Å². The molecule has 0 radical (unpaired) electrons. The third-order valence-electron chi connectivity index (χ3n) is 3.17. The van der Waals surface area contributed by atoms with Crippen LogP contribution in [0.2, 0.25) is 0 Å². The Morgan fingerprint density at radius 1 is 1.29 bits per heavy atom. The van der Waals surface area contributed by atoms with Gasteiger partial charge in [0.2, 0.25) is 0 Å². The van der Waals surface area contributed by atoms with E-state index in [2.05, 4.69) is 10.1 Å². The number of benzene rings is 1. The zero-order valence-corrected chi connectivity index (χ0v) is 11.8. The molecule has 0 aliphatic heterocycles. The van der Waals surface area contributed by atoms with Gasteiger partial charge in [-0.05, 0) is 30.7 Å². The van der Waals surface area contributed by atoms with Gasteiger partial charge in [0.05, 0.1) is 5.69 Å². The first-order chi connectivity index (χ1) is 10.1. The number of para-hydroxylation sites is 1. The smallest absolute Gasteiger partial charge is 0.276 e. The second-order valence-corrected chi connectivity index (χ2v) is 4.54. The van der Waals surface area contributed by atoms with Crippen molar-refractivity contribution in [3.8, 4) is 0 Å². The van der Waals surface area contributed by atoms with E-state index >= 15 is 0 Å². The summed E-state index contributed by atoms with van der Waals surface area (Å²) in [6, 6.07) is 10.5. The van der Waals surface area contributed by atoms with Crippen LogP contribution in [-0.2, 0) is 0 Å². The molecule has 1 aromatic heterocycles. The summed E-state index contributed by atoms with van der Waals surface area (Å²) >= 11 is 0. The Labute approximate surface area is 122 Å². The first-order valence-electron chi connectivity index (χ1n) is 6.33. The van der Waals surface area contributed by atoms with Gasteiger partial charge in [-0.25, -0.2) is 0 Å². The van der Waals surface area contributed by atoms with Crippen LogP contribution in [0.1, 0.15) is 21.6 Å². The summed E-state index contributed by atoms with van der Waals surface area (Å²) in [4.78, 5) is 18.1. The molecule has 2 aromatic rings. The normalized spacial score (nSPS) is 11.2. The molecule has 108 valence electrons. The van der Waals surface area contributed by atoms with Crippen molar-refractivity contribution < 1.29 is 10.0 Å². The highest BCUT2D eigenvalue weighted by atomic mass is 16.4. The van der Waals surface area contributed by atoms with Crippen molar-refractivity contribution in [2.45, 2.75) is 6.92 Å². The molecule has 0 bridgehead atoms. The third kappa shape index (κ3) is 2.84. The lowest BCUT2D eigenvalue weighted by atomic mass is 10.1. The summed E-state index contributed by atoms with van der Waals surface area (Å²) in [6.45, 7) is 1.82. The number of aromatic nitrogens is 1. The molecule has 0 atom stereocenters. The van der Waals surface area contributed by atoms with Crippen LogP contribution in [0.15, 0.2) is 47.8 Å². The second-order valence-electron chi connectivity index (χ2n) is 4.54. The first-order valence-corrected chi connectivity index (χ1v) is 6.33. The van der Waals surface area contributed by atoms with Crippen LogP contribution >= 0.6 is 0 Å². The number of amidine groups is 1. The fraction of sp³-hybridized carbons (Fsp3) is 0.133. The number of pyridine rings is 1. The third-order valence-corrected chi connectivity index (χ3v) is 3.17. The molecule has 3 N–H and O–H groups in total. The van der Waals surface area contributed by atoms with Gasteiger partial charge in [-0.3, -0.25) is 9.78 Å². The standard InChI is InChI=1S/C15H16N4O2/c1-10-6-5-9-17-13(10)15(20)19(2)12-8-4-3-7-11(12)14(16)18-21/h3-9,21H,1-2H3,(H2,16,18). The highest BCUT2D eigenvalue weighted by molar-refractivity contribution is 6.10. The second kappa shape index (κ2) is 6.04. The summed E-state index contributed by atoms with van der Waals surface area (Å²) in [6.07, 6.45) is 1.57. The van der Waals surface area contributed by atoms with E-state index in [-0.39, 0.29) is 11.7 Å². The van der Waals surface area contributed by atoms with Crippen LogP contribution in [0.4, 0.5) is 5.69 Å². The lowest BCUT2D eigenvalue weighted by Crippen LogP contribution is -2.30. The Morgan fingerprint density at radius 3 is 2.67 bits per heavy atom. The van der Waals surface area contributed by atoms with E-state index in [0.29, 0.717) is 16.9 Å². The number of anilines is 1. The molecule has 2 rings (SSSR count). The first kappa shape index (κ1) is 14.5. The van der Waals surface area contributed by atoms with Gasteiger partial charge < -0.3 is 15.8 Å². The van der Waals surface area contributed by atoms with Crippen molar-refractivity contribution in [1.82, 2.24) is 4.98 Å². The molecule has 0 saturated carbocycles. The monoisotopic (exact) mass is 284 g/mol. The molecule has 1 aromatic carbocycles. The molecule has 0 fully saturated rings. The molecular weight excluding hydrogens is 268 g/mol. The maximum atomic E-state index is 12.5. The minimum absolute atomic E-state index is 0.0528. The highest BCUT2D eigenvalue weighted by Gasteiger charge is 2.20. The van der Waals surface area contributed by atoms with E-state index in [1.54, 1.807) is 43.6 Å². The van der Waals surface area contributed by atoms with Crippen molar-refractivity contribution in [3.63, 3.8) is 0 Å². The number of carbonyl (C=O) groups is 1. The molecule has 1 heterocycles. The average molecular weight is 284 g/mol. The van der Waals surface area contributed by atoms with Crippen LogP contribution in [0.3, 0.4) is 0 Å². The Kier molecular flexibility index (Phi) is 4.18. The van der Waals surface area contributed by atoms with E-state index in [9.17, 15) is 4.79 Å². The fourth-order valence-corrected chi connectivity index (χ4v) is 2.01. The van der Waals surface area contributed by atoms with E-state index in [0.717, 1.165) is 5.56 Å². The Balaban J connectivity index is 2.44. The van der Waals surface area contributed by atoms with Crippen LogP contribution < -0.4 is 10.6 Å². The predicted octanol–water partition coefficient (Wildman–Crippen LogP) is 1.76. The Morgan fingerprint density at radius 2 is 2.00 bits per heavy atom. The number of rotatable bonds is 3. The van der Waals surface area contributed by atoms with Crippen LogP contribution in [0.25, 0.3) is 0 Å². The number of hydrogen-bond acceptors (Lipinski definition) is 4. The molecule has 1 amide bonds. The summed E-state index contributed by atoms with van der Waals surface area (Å²) in [7, 11) is 1.62. The molecule has 0 spiro atoms. The van der Waals surface area contributed by atoms with Gasteiger partial charge in [0.15, 0.2) is 5.84 Å². The molecule has 21 heavy (non-hydrogen) atoms. The molecule has 0 aliphatic rings. The highest BCUT2D eigenvalue weighted by Crippen LogP contribution is 2.21. The zero-order valence-electron chi connectivity index (χ0n) is 11.8. The van der Waals surface area contributed by atoms with Gasteiger partial charge in [0.25, 0.3) is 5.91 Å². The van der Waals surface area contributed by atoms with Gasteiger partial charge in [-0.2, -0.15) is 0 Å². The summed E-state index contributed by atoms with van der Waals surface area (Å²) < 4.78 is 0. The summed E-state index contributed by atoms with van der Waals surface area (Å²) in [5.74, 6) is -0.311. The lowest BCUT2D eigenvalue weighted by molar-refractivity contribution is 0.0987. The average Bonchev–Trinajstić information content (AvgIpc) is 2.53. The number of nitrogens with zero attached hydrogens (tertiary/aromatic N) is 3. The predicted molar refractivity (Wildman–Crippen MR) is 80.7 cm³/mol. The number of carbonyl (C=O) groups excluding carboxylic acids is 1.